The van der Waals surface area contributed by atoms with Crippen LogP contribution >= 0.6 is 0 Å². The number of esters is 2. The number of benzene rings is 1. The molecule has 36 heavy (non-hydrogen) atoms. The molecule has 0 bridgehead atoms. The fourth-order valence-corrected chi connectivity index (χ4v) is 4.29. The molecule has 4 rings (SSSR count). The summed E-state index contributed by atoms with van der Waals surface area (Å²) in [6.45, 7) is 7.22. The lowest BCUT2D eigenvalue weighted by atomic mass is 9.98. The predicted octanol–water partition coefficient (Wildman–Crippen LogP) is 3.54. The summed E-state index contributed by atoms with van der Waals surface area (Å²) >= 11 is 0. The Morgan fingerprint density at radius 3 is 2.69 bits per heavy atom. The number of aliphatic hydroxyl groups is 1. The molecule has 1 aliphatic heterocycles. The molecule has 0 fully saturated rings. The molecule has 1 aromatic carbocycles. The van der Waals surface area contributed by atoms with Gasteiger partial charge in [-0.1, -0.05) is 6.07 Å². The molecule has 9 heteroatoms. The first-order chi connectivity index (χ1) is 17.3. The summed E-state index contributed by atoms with van der Waals surface area (Å²) in [6.07, 6.45) is 2.86. The highest BCUT2D eigenvalue weighted by molar-refractivity contribution is 6.14. The number of rotatable bonds is 8. The van der Waals surface area contributed by atoms with Crippen molar-refractivity contribution in [3.8, 4) is 5.69 Å². The van der Waals surface area contributed by atoms with Gasteiger partial charge in [-0.3, -0.25) is 19.3 Å². The second-order valence-corrected chi connectivity index (χ2v) is 8.68. The summed E-state index contributed by atoms with van der Waals surface area (Å²) in [5.74, 6) is -0.411. The number of carbonyl (C=O) groups excluding carboxylic acids is 2. The standard InChI is InChI=1S/C27H30N4O5/c1-5-35-27(34)18(4)36-24(33)10-9-22-26-29-14-17(3)31(26)23-13-19(15-32)16(2)12-20(23)25(30-22)21-8-6-7-11-28-21/h6-8,11-14,18,22,32H,5,9-10,15H2,1-4H3/t18?,22-/m0/s1. The number of aliphatic hydroxyl groups excluding tert-OH is 1. The van der Waals surface area contributed by atoms with Gasteiger partial charge in [-0.05, 0) is 69.5 Å². The van der Waals surface area contributed by atoms with Gasteiger partial charge in [0, 0.05) is 30.1 Å². The molecule has 0 saturated heterocycles. The van der Waals surface area contributed by atoms with E-state index in [-0.39, 0.29) is 19.6 Å². The summed E-state index contributed by atoms with van der Waals surface area (Å²) in [4.78, 5) is 38.6. The Bertz CT molecular complexity index is 1300. The van der Waals surface area contributed by atoms with Crippen LogP contribution in [0, 0.1) is 13.8 Å². The van der Waals surface area contributed by atoms with Gasteiger partial charge in [0.1, 0.15) is 11.9 Å². The van der Waals surface area contributed by atoms with Gasteiger partial charge in [-0.15, -0.1) is 0 Å². The number of pyridine rings is 1. The zero-order valence-corrected chi connectivity index (χ0v) is 20.9. The van der Waals surface area contributed by atoms with Gasteiger partial charge in [-0.25, -0.2) is 9.78 Å². The molecule has 0 aliphatic carbocycles. The summed E-state index contributed by atoms with van der Waals surface area (Å²) in [5.41, 5.74) is 5.74. The Hall–Kier alpha value is -3.85. The molecule has 1 N–H and O–H groups in total. The number of hydrogen-bond donors (Lipinski definition) is 1. The van der Waals surface area contributed by atoms with E-state index >= 15 is 0 Å². The van der Waals surface area contributed by atoms with Crippen molar-refractivity contribution in [3.05, 3.63) is 76.6 Å². The minimum atomic E-state index is -0.979. The molecule has 188 valence electrons. The van der Waals surface area contributed by atoms with Crippen molar-refractivity contribution in [2.75, 3.05) is 6.61 Å². The van der Waals surface area contributed by atoms with Crippen LogP contribution in [0.2, 0.25) is 0 Å². The predicted molar refractivity (Wildman–Crippen MR) is 133 cm³/mol. The Morgan fingerprint density at radius 2 is 2.00 bits per heavy atom. The molecule has 0 radical (unpaired) electrons. The van der Waals surface area contributed by atoms with Gasteiger partial charge in [0.25, 0.3) is 0 Å². The van der Waals surface area contributed by atoms with Crippen molar-refractivity contribution < 1.29 is 24.2 Å². The van der Waals surface area contributed by atoms with E-state index in [4.69, 9.17) is 14.5 Å². The molecule has 2 aromatic heterocycles. The number of aliphatic imine (C=N–C) groups is 1. The molecule has 1 unspecified atom stereocenters. The first kappa shape index (κ1) is 25.2. The lowest BCUT2D eigenvalue weighted by Crippen LogP contribution is -2.26. The minimum Gasteiger partial charge on any atom is -0.463 e. The van der Waals surface area contributed by atoms with Crippen LogP contribution in [0.5, 0.6) is 0 Å². The van der Waals surface area contributed by atoms with Gasteiger partial charge in [0.05, 0.1) is 30.3 Å². The average molecular weight is 491 g/mol. The lowest BCUT2D eigenvalue weighted by Gasteiger charge is -2.16. The van der Waals surface area contributed by atoms with E-state index in [9.17, 15) is 14.7 Å². The molecule has 9 nitrogen and oxygen atoms in total. The molecular formula is C27H30N4O5. The number of fused-ring (bicyclic) bond motifs is 3. The van der Waals surface area contributed by atoms with Crippen LogP contribution in [0.3, 0.4) is 0 Å². The Labute approximate surface area is 209 Å². The van der Waals surface area contributed by atoms with E-state index in [1.54, 1.807) is 19.3 Å². The van der Waals surface area contributed by atoms with Crippen LogP contribution in [0.1, 0.15) is 66.6 Å². The van der Waals surface area contributed by atoms with Crippen molar-refractivity contribution >= 4 is 17.7 Å². The van der Waals surface area contributed by atoms with Crippen molar-refractivity contribution in [1.82, 2.24) is 14.5 Å². The van der Waals surface area contributed by atoms with Crippen molar-refractivity contribution in [2.45, 2.75) is 59.3 Å². The first-order valence-electron chi connectivity index (χ1n) is 12.0. The van der Waals surface area contributed by atoms with Crippen LogP contribution < -0.4 is 0 Å². The topological polar surface area (TPSA) is 116 Å². The maximum Gasteiger partial charge on any atom is 0.347 e. The fourth-order valence-electron chi connectivity index (χ4n) is 4.29. The lowest BCUT2D eigenvalue weighted by molar-refractivity contribution is -0.166. The highest BCUT2D eigenvalue weighted by Gasteiger charge is 2.29. The second kappa shape index (κ2) is 10.8. The highest BCUT2D eigenvalue weighted by Crippen LogP contribution is 2.35. The summed E-state index contributed by atoms with van der Waals surface area (Å²) < 4.78 is 12.2. The maximum absolute atomic E-state index is 12.6. The van der Waals surface area contributed by atoms with E-state index in [0.717, 1.165) is 28.1 Å². The van der Waals surface area contributed by atoms with Gasteiger partial charge in [0.2, 0.25) is 0 Å². The largest absolute Gasteiger partial charge is 0.463 e. The van der Waals surface area contributed by atoms with Crippen molar-refractivity contribution in [1.29, 1.82) is 0 Å². The zero-order chi connectivity index (χ0) is 25.8. The molecular weight excluding hydrogens is 460 g/mol. The normalized spacial score (nSPS) is 15.2. The van der Waals surface area contributed by atoms with Crippen molar-refractivity contribution in [2.24, 2.45) is 4.99 Å². The molecule has 3 aromatic rings. The fraction of sp³-hybridized carbons (Fsp3) is 0.370. The smallest absolute Gasteiger partial charge is 0.347 e. The zero-order valence-electron chi connectivity index (χ0n) is 20.9. The van der Waals surface area contributed by atoms with Gasteiger partial charge >= 0.3 is 11.9 Å². The third-order valence-corrected chi connectivity index (χ3v) is 6.13. The van der Waals surface area contributed by atoms with Crippen LogP contribution in [-0.2, 0) is 25.7 Å². The third-order valence-electron chi connectivity index (χ3n) is 6.13. The van der Waals surface area contributed by atoms with Gasteiger partial charge < -0.3 is 14.6 Å². The van der Waals surface area contributed by atoms with E-state index in [1.807, 2.05) is 48.7 Å². The third kappa shape index (κ3) is 5.06. The van der Waals surface area contributed by atoms with Crippen molar-refractivity contribution in [3.63, 3.8) is 0 Å². The SMILES string of the molecule is CCOC(=O)C(C)OC(=O)CC[C@@H]1N=C(c2ccccn2)c2cc(C)c(CO)cc2-n2c(C)cnc21. The molecule has 1 aliphatic rings. The maximum atomic E-state index is 12.6. The number of carbonyl (C=O) groups is 2. The highest BCUT2D eigenvalue weighted by atomic mass is 16.6. The average Bonchev–Trinajstić information content (AvgIpc) is 3.19. The number of aromatic nitrogens is 3. The van der Waals surface area contributed by atoms with E-state index in [1.165, 1.54) is 6.92 Å². The monoisotopic (exact) mass is 490 g/mol. The first-order valence-corrected chi connectivity index (χ1v) is 12.0. The minimum absolute atomic E-state index is 0.0383. The molecule has 0 spiro atoms. The van der Waals surface area contributed by atoms with Gasteiger partial charge in [-0.2, -0.15) is 0 Å². The molecule has 2 atom stereocenters. The number of hydrogen-bond acceptors (Lipinski definition) is 8. The van der Waals surface area contributed by atoms with Crippen LogP contribution in [0.25, 0.3) is 5.69 Å². The summed E-state index contributed by atoms with van der Waals surface area (Å²) in [6, 6.07) is 9.14. The Balaban J connectivity index is 1.74. The van der Waals surface area contributed by atoms with E-state index < -0.39 is 24.1 Å². The number of nitrogens with zero attached hydrogens (tertiary/aromatic N) is 4. The van der Waals surface area contributed by atoms with E-state index in [0.29, 0.717) is 23.7 Å². The number of aryl methyl sites for hydroxylation is 2. The van der Waals surface area contributed by atoms with E-state index in [2.05, 4.69) is 9.97 Å². The summed E-state index contributed by atoms with van der Waals surface area (Å²) in [5, 5.41) is 9.93. The number of imidazole rings is 1. The quantitative estimate of drug-likeness (QED) is 0.480. The Kier molecular flexibility index (Phi) is 7.59. The van der Waals surface area contributed by atoms with Crippen LogP contribution in [0.4, 0.5) is 0 Å². The summed E-state index contributed by atoms with van der Waals surface area (Å²) in [7, 11) is 0. The van der Waals surface area contributed by atoms with Crippen LogP contribution in [-0.4, -0.2) is 50.0 Å². The second-order valence-electron chi connectivity index (χ2n) is 8.68. The number of ether oxygens (including phenoxy) is 2. The van der Waals surface area contributed by atoms with Crippen LogP contribution in [0.15, 0.2) is 47.7 Å². The molecule has 0 saturated carbocycles. The van der Waals surface area contributed by atoms with Gasteiger partial charge in [0.15, 0.2) is 6.10 Å². The molecule has 3 heterocycles. The Morgan fingerprint density at radius 1 is 1.19 bits per heavy atom. The molecule has 0 amide bonds.